The van der Waals surface area contributed by atoms with E-state index in [1.807, 2.05) is 13.8 Å². The summed E-state index contributed by atoms with van der Waals surface area (Å²) in [7, 11) is 1.47. The van der Waals surface area contributed by atoms with Gasteiger partial charge in [0.2, 0.25) is 5.60 Å². The predicted octanol–water partition coefficient (Wildman–Crippen LogP) is 1.35. The first-order valence-corrected chi connectivity index (χ1v) is 11.1. The second-order valence-electron chi connectivity index (χ2n) is 9.42. The number of carbonyl (C=O) groups excluding carboxylic acids is 1. The Labute approximate surface area is 172 Å². The van der Waals surface area contributed by atoms with Gasteiger partial charge in [-0.2, -0.15) is 0 Å². The van der Waals surface area contributed by atoms with Crippen molar-refractivity contribution in [1.29, 1.82) is 0 Å². The molecule has 8 atom stereocenters. The van der Waals surface area contributed by atoms with Crippen molar-refractivity contribution in [2.24, 2.45) is 11.8 Å². The first kappa shape index (κ1) is 21.1. The third-order valence-corrected chi connectivity index (χ3v) is 8.22. The van der Waals surface area contributed by atoms with Gasteiger partial charge >= 0.3 is 5.97 Å². The van der Waals surface area contributed by atoms with Crippen molar-refractivity contribution < 1.29 is 29.6 Å². The first-order valence-electron chi connectivity index (χ1n) is 11.1. The van der Waals surface area contributed by atoms with Gasteiger partial charge in [0, 0.05) is 18.0 Å². The van der Waals surface area contributed by atoms with E-state index in [0.717, 1.165) is 25.8 Å². The van der Waals surface area contributed by atoms with Gasteiger partial charge in [0.05, 0.1) is 18.8 Å². The maximum Gasteiger partial charge on any atom is 0.338 e. The SMILES string of the molecule is CC[C@@H](O)[C@H]1CCC[C@H]2[C@H]3[C@H](C)[C@H](O)[C@@]4(OC(=O)C(C)=C4OC)[C@]3(O)CCCN12. The fraction of sp³-hybridized carbons (Fsp3) is 0.864. The molecule has 2 saturated heterocycles. The van der Waals surface area contributed by atoms with Gasteiger partial charge in [-0.15, -0.1) is 0 Å². The molecule has 3 fully saturated rings. The Kier molecular flexibility index (Phi) is 5.25. The van der Waals surface area contributed by atoms with Crippen molar-refractivity contribution >= 4 is 5.97 Å². The fourth-order valence-corrected chi connectivity index (χ4v) is 7.00. The molecular formula is C22H35NO6. The van der Waals surface area contributed by atoms with Crippen molar-refractivity contribution in [3.05, 3.63) is 11.3 Å². The Morgan fingerprint density at radius 3 is 2.72 bits per heavy atom. The van der Waals surface area contributed by atoms with E-state index < -0.39 is 29.4 Å². The number of hydrogen-bond acceptors (Lipinski definition) is 7. The third-order valence-electron chi connectivity index (χ3n) is 8.22. The molecule has 7 nitrogen and oxygen atoms in total. The van der Waals surface area contributed by atoms with Crippen molar-refractivity contribution in [2.75, 3.05) is 13.7 Å². The molecule has 3 aliphatic heterocycles. The number of methoxy groups -OCH3 is 1. The second kappa shape index (κ2) is 7.22. The standard InChI is InChI=1S/C22H35NO6/c1-5-16(24)14-8-6-9-15-17-12(2)18(25)22(19(28-4)13(3)20(26)29-22)21(17,27)10-7-11-23(14)15/h12,14-18,24-25,27H,5-11H2,1-4H3/t12-,14+,15-,16+,17+,18-,21-,22-/m0/s1. The lowest BCUT2D eigenvalue weighted by atomic mass is 9.71. The monoisotopic (exact) mass is 409 g/mol. The summed E-state index contributed by atoms with van der Waals surface area (Å²) in [6, 6.07) is 0.0801. The van der Waals surface area contributed by atoms with Crippen molar-refractivity contribution in [1.82, 2.24) is 4.90 Å². The number of aliphatic hydroxyl groups is 3. The van der Waals surface area contributed by atoms with Gasteiger partial charge in [-0.1, -0.05) is 20.3 Å². The molecule has 4 rings (SSSR count). The highest BCUT2D eigenvalue weighted by atomic mass is 16.6. The van der Waals surface area contributed by atoms with Gasteiger partial charge in [-0.3, -0.25) is 4.90 Å². The molecular weight excluding hydrogens is 374 g/mol. The van der Waals surface area contributed by atoms with Crippen LogP contribution in [0.1, 0.15) is 59.3 Å². The fourth-order valence-electron chi connectivity index (χ4n) is 7.00. The molecule has 1 aliphatic carbocycles. The van der Waals surface area contributed by atoms with Crippen LogP contribution in [-0.4, -0.2) is 75.3 Å². The Balaban J connectivity index is 1.81. The molecule has 4 aliphatic rings. The van der Waals surface area contributed by atoms with E-state index in [2.05, 4.69) is 4.90 Å². The van der Waals surface area contributed by atoms with Crippen molar-refractivity contribution in [3.8, 4) is 0 Å². The van der Waals surface area contributed by atoms with Crippen LogP contribution >= 0.6 is 0 Å². The summed E-state index contributed by atoms with van der Waals surface area (Å²) >= 11 is 0. The summed E-state index contributed by atoms with van der Waals surface area (Å²) < 4.78 is 11.4. The molecule has 3 N–H and O–H groups in total. The smallest absolute Gasteiger partial charge is 0.338 e. The van der Waals surface area contributed by atoms with Gasteiger partial charge in [0.1, 0.15) is 11.7 Å². The van der Waals surface area contributed by atoms with Crippen molar-refractivity contribution in [2.45, 2.75) is 94.8 Å². The highest BCUT2D eigenvalue weighted by Gasteiger charge is 2.76. The van der Waals surface area contributed by atoms with Crippen LogP contribution in [-0.2, 0) is 14.3 Å². The summed E-state index contributed by atoms with van der Waals surface area (Å²) in [6.45, 7) is 6.34. The summed E-state index contributed by atoms with van der Waals surface area (Å²) in [5.41, 5.74) is -2.65. The molecule has 0 aromatic carbocycles. The van der Waals surface area contributed by atoms with Gasteiger partial charge in [-0.25, -0.2) is 4.79 Å². The minimum atomic E-state index is -1.56. The number of carbonyl (C=O) groups is 1. The average molecular weight is 410 g/mol. The minimum Gasteiger partial charge on any atom is -0.496 e. The van der Waals surface area contributed by atoms with E-state index in [-0.39, 0.29) is 29.7 Å². The Bertz CT molecular complexity index is 709. The zero-order valence-electron chi connectivity index (χ0n) is 17.9. The quantitative estimate of drug-likeness (QED) is 0.605. The lowest BCUT2D eigenvalue weighted by Crippen LogP contribution is -2.62. The first-order chi connectivity index (χ1) is 13.7. The van der Waals surface area contributed by atoms with E-state index in [0.29, 0.717) is 24.8 Å². The number of aliphatic hydroxyl groups excluding tert-OH is 2. The molecule has 0 bridgehead atoms. The molecule has 3 heterocycles. The predicted molar refractivity (Wildman–Crippen MR) is 106 cm³/mol. The summed E-state index contributed by atoms with van der Waals surface area (Å²) in [5.74, 6) is -0.838. The minimum absolute atomic E-state index is 0.0178. The van der Waals surface area contributed by atoms with Crippen LogP contribution in [0, 0.1) is 11.8 Å². The van der Waals surface area contributed by atoms with Gasteiger partial charge in [-0.05, 0) is 51.5 Å². The number of rotatable bonds is 3. The Hall–Kier alpha value is -1.15. The molecule has 0 aromatic heterocycles. The summed E-state index contributed by atoms with van der Waals surface area (Å²) in [5, 5.41) is 34.2. The Morgan fingerprint density at radius 2 is 2.07 bits per heavy atom. The average Bonchev–Trinajstić information content (AvgIpc) is 2.97. The van der Waals surface area contributed by atoms with Crippen LogP contribution in [0.3, 0.4) is 0 Å². The molecule has 1 spiro atoms. The van der Waals surface area contributed by atoms with Crippen LogP contribution < -0.4 is 0 Å². The normalized spacial score (nSPS) is 46.3. The third kappa shape index (κ3) is 2.60. The Morgan fingerprint density at radius 1 is 1.34 bits per heavy atom. The topological polar surface area (TPSA) is 99.5 Å². The largest absolute Gasteiger partial charge is 0.496 e. The molecule has 0 unspecified atom stereocenters. The van der Waals surface area contributed by atoms with E-state index in [1.54, 1.807) is 6.92 Å². The number of ether oxygens (including phenoxy) is 2. The molecule has 0 aromatic rings. The van der Waals surface area contributed by atoms with E-state index in [1.165, 1.54) is 7.11 Å². The van der Waals surface area contributed by atoms with Crippen LogP contribution in [0.2, 0.25) is 0 Å². The van der Waals surface area contributed by atoms with Crippen molar-refractivity contribution in [3.63, 3.8) is 0 Å². The highest BCUT2D eigenvalue weighted by Crippen LogP contribution is 2.61. The van der Waals surface area contributed by atoms with Crippen LogP contribution in [0.25, 0.3) is 0 Å². The number of fused-ring (bicyclic) bond motifs is 4. The second-order valence-corrected chi connectivity index (χ2v) is 9.42. The van der Waals surface area contributed by atoms with Crippen LogP contribution in [0.4, 0.5) is 0 Å². The molecule has 164 valence electrons. The zero-order chi connectivity index (χ0) is 21.1. The lowest BCUT2D eigenvalue weighted by molar-refractivity contribution is -0.202. The van der Waals surface area contributed by atoms with E-state index in [9.17, 15) is 20.1 Å². The number of esters is 1. The van der Waals surface area contributed by atoms with Gasteiger partial charge < -0.3 is 24.8 Å². The van der Waals surface area contributed by atoms with E-state index in [4.69, 9.17) is 9.47 Å². The molecule has 29 heavy (non-hydrogen) atoms. The number of hydrogen-bond donors (Lipinski definition) is 3. The molecule has 0 amide bonds. The lowest BCUT2D eigenvalue weighted by Gasteiger charge is -2.49. The van der Waals surface area contributed by atoms with Gasteiger partial charge in [0.15, 0.2) is 5.76 Å². The molecule has 0 radical (unpaired) electrons. The maximum absolute atomic E-state index is 12.5. The van der Waals surface area contributed by atoms with Crippen LogP contribution in [0.15, 0.2) is 11.3 Å². The molecule has 1 saturated carbocycles. The highest BCUT2D eigenvalue weighted by molar-refractivity contribution is 5.92. The number of nitrogens with zero attached hydrogens (tertiary/aromatic N) is 1. The maximum atomic E-state index is 12.5. The van der Waals surface area contributed by atoms with E-state index >= 15 is 0 Å². The van der Waals surface area contributed by atoms with Gasteiger partial charge in [0.25, 0.3) is 0 Å². The summed E-state index contributed by atoms with van der Waals surface area (Å²) in [4.78, 5) is 14.9. The zero-order valence-corrected chi connectivity index (χ0v) is 17.9. The summed E-state index contributed by atoms with van der Waals surface area (Å²) in [6.07, 6.45) is 3.16. The molecule has 7 heteroatoms. The van der Waals surface area contributed by atoms with Crippen LogP contribution in [0.5, 0.6) is 0 Å². The number of piperidine rings is 1.